The van der Waals surface area contributed by atoms with E-state index in [9.17, 15) is 18.0 Å². The molecular formula is C13H11F3N2O3. The predicted octanol–water partition coefficient (Wildman–Crippen LogP) is 2.77. The van der Waals surface area contributed by atoms with Gasteiger partial charge in [0.05, 0.1) is 7.11 Å². The maximum absolute atomic E-state index is 12.1. The largest absolute Gasteiger partial charge is 0.573 e. The van der Waals surface area contributed by atoms with Gasteiger partial charge in [-0.05, 0) is 17.7 Å². The Hall–Kier alpha value is -2.51. The Morgan fingerprint density at radius 1 is 1.24 bits per heavy atom. The summed E-state index contributed by atoms with van der Waals surface area (Å²) in [5, 5.41) is 3.97. The fraction of sp³-hybridized carbons (Fsp3) is 0.231. The molecule has 2 rings (SSSR count). The second kappa shape index (κ2) is 5.47. The van der Waals surface area contributed by atoms with Crippen LogP contribution in [0.2, 0.25) is 0 Å². The number of benzene rings is 1. The number of hydrogen-bond donors (Lipinski definition) is 0. The standard InChI is InChI=1S/C13H11F3N2O3/c1-18-7-10(11(17-18)12(19)20-2)8-3-5-9(6-4-8)21-13(14,15)16/h3-7H,1-2H3. The first kappa shape index (κ1) is 14.9. The van der Waals surface area contributed by atoms with Crippen molar-refractivity contribution >= 4 is 5.97 Å². The first-order chi connectivity index (χ1) is 9.80. The number of ether oxygens (including phenoxy) is 2. The van der Waals surface area contributed by atoms with Gasteiger partial charge in [0, 0.05) is 18.8 Å². The Bertz CT molecular complexity index is 648. The van der Waals surface area contributed by atoms with Crippen molar-refractivity contribution in [2.24, 2.45) is 7.05 Å². The third-order valence-corrected chi connectivity index (χ3v) is 2.61. The van der Waals surface area contributed by atoms with E-state index >= 15 is 0 Å². The molecule has 0 amide bonds. The van der Waals surface area contributed by atoms with E-state index in [1.165, 1.54) is 23.9 Å². The number of methoxy groups -OCH3 is 1. The molecule has 5 nitrogen and oxygen atoms in total. The molecule has 0 aliphatic heterocycles. The minimum Gasteiger partial charge on any atom is -0.464 e. The van der Waals surface area contributed by atoms with Crippen LogP contribution in [0.1, 0.15) is 10.5 Å². The van der Waals surface area contributed by atoms with Crippen LogP contribution in [0.25, 0.3) is 11.1 Å². The number of aryl methyl sites for hydroxylation is 1. The van der Waals surface area contributed by atoms with Crippen molar-refractivity contribution in [1.82, 2.24) is 9.78 Å². The molecule has 0 radical (unpaired) electrons. The summed E-state index contributed by atoms with van der Waals surface area (Å²) in [5.41, 5.74) is 1.07. The van der Waals surface area contributed by atoms with E-state index < -0.39 is 12.3 Å². The third-order valence-electron chi connectivity index (χ3n) is 2.61. The van der Waals surface area contributed by atoms with E-state index in [2.05, 4.69) is 14.6 Å². The van der Waals surface area contributed by atoms with Crippen LogP contribution in [-0.4, -0.2) is 29.2 Å². The van der Waals surface area contributed by atoms with E-state index in [-0.39, 0.29) is 11.4 Å². The number of alkyl halides is 3. The van der Waals surface area contributed by atoms with Crippen LogP contribution < -0.4 is 4.74 Å². The molecule has 1 heterocycles. The van der Waals surface area contributed by atoms with Gasteiger partial charge in [0.15, 0.2) is 5.69 Å². The maximum atomic E-state index is 12.1. The third kappa shape index (κ3) is 3.53. The molecule has 2 aromatic rings. The molecule has 8 heteroatoms. The topological polar surface area (TPSA) is 53.3 Å². The Morgan fingerprint density at radius 3 is 2.38 bits per heavy atom. The number of carbonyl (C=O) groups is 1. The van der Waals surface area contributed by atoms with Gasteiger partial charge in [0.25, 0.3) is 0 Å². The van der Waals surface area contributed by atoms with Gasteiger partial charge < -0.3 is 9.47 Å². The van der Waals surface area contributed by atoms with Gasteiger partial charge in [-0.1, -0.05) is 12.1 Å². The van der Waals surface area contributed by atoms with Crippen LogP contribution >= 0.6 is 0 Å². The molecule has 0 saturated heterocycles. The van der Waals surface area contributed by atoms with Gasteiger partial charge in [-0.2, -0.15) is 5.10 Å². The molecule has 0 bridgehead atoms. The summed E-state index contributed by atoms with van der Waals surface area (Å²) in [7, 11) is 2.85. The Labute approximate surface area is 117 Å². The summed E-state index contributed by atoms with van der Waals surface area (Å²) in [6.07, 6.45) is -3.17. The van der Waals surface area contributed by atoms with Gasteiger partial charge >= 0.3 is 12.3 Å². The van der Waals surface area contributed by atoms with E-state index in [0.717, 1.165) is 12.1 Å². The number of nitrogens with zero attached hydrogens (tertiary/aromatic N) is 2. The quantitative estimate of drug-likeness (QED) is 0.818. The monoisotopic (exact) mass is 300 g/mol. The summed E-state index contributed by atoms with van der Waals surface area (Å²) < 4.78 is 46.1. The maximum Gasteiger partial charge on any atom is 0.573 e. The van der Waals surface area contributed by atoms with Gasteiger partial charge in [-0.15, -0.1) is 13.2 Å². The van der Waals surface area contributed by atoms with Crippen LogP contribution in [0.5, 0.6) is 5.75 Å². The van der Waals surface area contributed by atoms with Gasteiger partial charge in [-0.25, -0.2) is 4.79 Å². The average Bonchev–Trinajstić information content (AvgIpc) is 2.79. The molecule has 0 saturated carbocycles. The lowest BCUT2D eigenvalue weighted by atomic mass is 10.1. The highest BCUT2D eigenvalue weighted by Gasteiger charge is 2.31. The minimum atomic E-state index is -4.74. The zero-order valence-corrected chi connectivity index (χ0v) is 11.1. The van der Waals surface area contributed by atoms with Crippen molar-refractivity contribution in [1.29, 1.82) is 0 Å². The zero-order chi connectivity index (χ0) is 15.6. The molecule has 1 aromatic heterocycles. The summed E-state index contributed by atoms with van der Waals surface area (Å²) in [6, 6.07) is 5.14. The second-order valence-corrected chi connectivity index (χ2v) is 4.13. The van der Waals surface area contributed by atoms with Crippen LogP contribution in [0.3, 0.4) is 0 Å². The smallest absolute Gasteiger partial charge is 0.464 e. The highest BCUT2D eigenvalue weighted by molar-refractivity contribution is 5.95. The molecule has 112 valence electrons. The molecule has 21 heavy (non-hydrogen) atoms. The van der Waals surface area contributed by atoms with Crippen LogP contribution in [-0.2, 0) is 11.8 Å². The number of rotatable bonds is 3. The fourth-order valence-corrected chi connectivity index (χ4v) is 1.78. The lowest BCUT2D eigenvalue weighted by Crippen LogP contribution is -2.16. The molecule has 1 aromatic carbocycles. The summed E-state index contributed by atoms with van der Waals surface area (Å²) in [5.74, 6) is -0.962. The SMILES string of the molecule is COC(=O)c1nn(C)cc1-c1ccc(OC(F)(F)F)cc1. The first-order valence-corrected chi connectivity index (χ1v) is 5.78. The van der Waals surface area contributed by atoms with Crippen molar-refractivity contribution < 1.29 is 27.4 Å². The average molecular weight is 300 g/mol. The van der Waals surface area contributed by atoms with E-state index in [1.807, 2.05) is 0 Å². The van der Waals surface area contributed by atoms with Crippen LogP contribution in [0.15, 0.2) is 30.5 Å². The number of halogens is 3. The summed E-state index contributed by atoms with van der Waals surface area (Å²) in [6.45, 7) is 0. The molecule has 0 unspecified atom stereocenters. The van der Waals surface area contributed by atoms with Crippen molar-refractivity contribution in [3.05, 3.63) is 36.2 Å². The lowest BCUT2D eigenvalue weighted by molar-refractivity contribution is -0.274. The molecule has 0 aliphatic rings. The Balaban J connectivity index is 2.33. The normalized spacial score (nSPS) is 11.3. The molecule has 0 spiro atoms. The summed E-state index contributed by atoms with van der Waals surface area (Å²) in [4.78, 5) is 11.6. The molecule has 0 fully saturated rings. The fourth-order valence-electron chi connectivity index (χ4n) is 1.78. The van der Waals surface area contributed by atoms with Crippen LogP contribution in [0.4, 0.5) is 13.2 Å². The van der Waals surface area contributed by atoms with Crippen molar-refractivity contribution in [2.45, 2.75) is 6.36 Å². The van der Waals surface area contributed by atoms with E-state index in [4.69, 9.17) is 0 Å². The predicted molar refractivity (Wildman–Crippen MR) is 66.7 cm³/mol. The van der Waals surface area contributed by atoms with Crippen molar-refractivity contribution in [3.8, 4) is 16.9 Å². The van der Waals surface area contributed by atoms with Gasteiger partial charge in [0.2, 0.25) is 0 Å². The molecule has 0 atom stereocenters. The zero-order valence-electron chi connectivity index (χ0n) is 11.1. The number of hydrogen-bond acceptors (Lipinski definition) is 4. The van der Waals surface area contributed by atoms with Gasteiger partial charge in [0.1, 0.15) is 5.75 Å². The minimum absolute atomic E-state index is 0.0875. The Kier molecular flexibility index (Phi) is 3.88. The van der Waals surface area contributed by atoms with E-state index in [0.29, 0.717) is 11.1 Å². The number of carbonyl (C=O) groups excluding carboxylic acids is 1. The highest BCUT2D eigenvalue weighted by atomic mass is 19.4. The van der Waals surface area contributed by atoms with Gasteiger partial charge in [-0.3, -0.25) is 4.68 Å². The molecule has 0 N–H and O–H groups in total. The Morgan fingerprint density at radius 2 is 1.86 bits per heavy atom. The summed E-state index contributed by atoms with van der Waals surface area (Å²) >= 11 is 0. The van der Waals surface area contributed by atoms with Crippen LogP contribution in [0, 0.1) is 0 Å². The van der Waals surface area contributed by atoms with Crippen molar-refractivity contribution in [2.75, 3.05) is 7.11 Å². The number of aromatic nitrogens is 2. The van der Waals surface area contributed by atoms with E-state index in [1.54, 1.807) is 13.2 Å². The second-order valence-electron chi connectivity index (χ2n) is 4.13. The molecule has 0 aliphatic carbocycles. The van der Waals surface area contributed by atoms with Crippen molar-refractivity contribution in [3.63, 3.8) is 0 Å². The molecular weight excluding hydrogens is 289 g/mol. The highest BCUT2D eigenvalue weighted by Crippen LogP contribution is 2.28. The number of esters is 1. The first-order valence-electron chi connectivity index (χ1n) is 5.78. The lowest BCUT2D eigenvalue weighted by Gasteiger charge is -2.09.